The van der Waals surface area contributed by atoms with Crippen molar-refractivity contribution in [3.05, 3.63) is 36.5 Å². The van der Waals surface area contributed by atoms with Gasteiger partial charge in [0.1, 0.15) is 5.75 Å². The van der Waals surface area contributed by atoms with Crippen molar-refractivity contribution in [1.82, 2.24) is 9.97 Å². The molecule has 0 radical (unpaired) electrons. The maximum absolute atomic E-state index is 5.63. The van der Waals surface area contributed by atoms with Gasteiger partial charge in [0.25, 0.3) is 0 Å². The molecule has 0 aliphatic heterocycles. The lowest BCUT2D eigenvalue weighted by Crippen LogP contribution is -2.04. The fraction of sp³-hybridized carbons (Fsp3) is 0.333. The number of nitrogens with one attached hydrogen (secondary N) is 1. The molecule has 0 saturated carbocycles. The largest absolute Gasteiger partial charge is 0.493 e. The quantitative estimate of drug-likeness (QED) is 0.862. The van der Waals surface area contributed by atoms with E-state index < -0.39 is 0 Å². The van der Waals surface area contributed by atoms with Crippen LogP contribution < -0.4 is 10.1 Å². The third-order valence-electron chi connectivity index (χ3n) is 2.65. The number of hydrogen-bond donors (Lipinski definition) is 1. The molecule has 1 aromatic heterocycles. The second kappa shape index (κ2) is 6.73. The first-order valence-corrected chi connectivity index (χ1v) is 6.64. The van der Waals surface area contributed by atoms with Gasteiger partial charge >= 0.3 is 0 Å². The number of rotatable bonds is 6. The van der Waals surface area contributed by atoms with Crippen molar-refractivity contribution in [2.45, 2.75) is 20.3 Å². The Morgan fingerprint density at radius 2 is 2.00 bits per heavy atom. The molecule has 2 aromatic rings. The van der Waals surface area contributed by atoms with Crippen molar-refractivity contribution in [2.24, 2.45) is 0 Å². The first kappa shape index (κ1) is 13.3. The van der Waals surface area contributed by atoms with E-state index in [4.69, 9.17) is 4.74 Å². The molecule has 0 saturated heterocycles. The number of para-hydroxylation sites is 1. The van der Waals surface area contributed by atoms with E-state index in [2.05, 4.69) is 22.2 Å². The molecule has 0 bridgehead atoms. The van der Waals surface area contributed by atoms with Gasteiger partial charge in [-0.05, 0) is 31.5 Å². The van der Waals surface area contributed by atoms with E-state index in [0.717, 1.165) is 30.0 Å². The Morgan fingerprint density at radius 3 is 2.79 bits per heavy atom. The zero-order valence-corrected chi connectivity index (χ0v) is 11.4. The molecule has 4 nitrogen and oxygen atoms in total. The number of aromatic nitrogens is 2. The predicted molar refractivity (Wildman–Crippen MR) is 77.4 cm³/mol. The first-order chi connectivity index (χ1) is 9.35. The second-order valence-electron chi connectivity index (χ2n) is 4.12. The fourth-order valence-corrected chi connectivity index (χ4v) is 1.79. The topological polar surface area (TPSA) is 47.0 Å². The molecule has 0 fully saturated rings. The normalized spacial score (nSPS) is 10.2. The van der Waals surface area contributed by atoms with Crippen LogP contribution in [0.15, 0.2) is 36.5 Å². The van der Waals surface area contributed by atoms with Crippen LogP contribution in [0.4, 0.5) is 5.95 Å². The Bertz CT molecular complexity index is 528. The predicted octanol–water partition coefficient (Wildman–Crippen LogP) is 3.36. The molecule has 0 aliphatic rings. The fourth-order valence-electron chi connectivity index (χ4n) is 1.79. The van der Waals surface area contributed by atoms with Crippen molar-refractivity contribution in [3.63, 3.8) is 0 Å². The number of nitrogens with zero attached hydrogens (tertiary/aromatic N) is 2. The second-order valence-corrected chi connectivity index (χ2v) is 4.12. The average Bonchev–Trinajstić information content (AvgIpc) is 2.46. The summed E-state index contributed by atoms with van der Waals surface area (Å²) in [5, 5.41) is 3.19. The molecule has 0 amide bonds. The molecule has 0 atom stereocenters. The van der Waals surface area contributed by atoms with Crippen molar-refractivity contribution < 1.29 is 4.74 Å². The Balaban J connectivity index is 2.30. The summed E-state index contributed by atoms with van der Waals surface area (Å²) in [7, 11) is 0. The summed E-state index contributed by atoms with van der Waals surface area (Å²) in [6.45, 7) is 5.60. The molecule has 0 spiro atoms. The van der Waals surface area contributed by atoms with E-state index in [9.17, 15) is 0 Å². The molecule has 1 aromatic carbocycles. The summed E-state index contributed by atoms with van der Waals surface area (Å²) >= 11 is 0. The Labute approximate surface area is 113 Å². The minimum atomic E-state index is 0.642. The van der Waals surface area contributed by atoms with Gasteiger partial charge in [0.05, 0.1) is 12.3 Å². The van der Waals surface area contributed by atoms with Crippen LogP contribution in [0.2, 0.25) is 0 Å². The van der Waals surface area contributed by atoms with Crippen molar-refractivity contribution in [3.8, 4) is 17.0 Å². The standard InChI is InChI=1S/C15H19N3O/c1-3-10-16-15-17-11-9-13(18-15)12-7-5-6-8-14(12)19-4-2/h5-9,11H,3-4,10H2,1-2H3,(H,16,17,18). The summed E-state index contributed by atoms with van der Waals surface area (Å²) < 4.78 is 5.63. The Morgan fingerprint density at radius 1 is 1.16 bits per heavy atom. The maximum atomic E-state index is 5.63. The van der Waals surface area contributed by atoms with Gasteiger partial charge in [-0.3, -0.25) is 0 Å². The molecule has 0 unspecified atom stereocenters. The van der Waals surface area contributed by atoms with Crippen LogP contribution in [0.5, 0.6) is 5.75 Å². The summed E-state index contributed by atoms with van der Waals surface area (Å²) in [5.41, 5.74) is 1.86. The third kappa shape index (κ3) is 3.44. The number of ether oxygens (including phenoxy) is 1. The van der Waals surface area contributed by atoms with Crippen LogP contribution in [0.3, 0.4) is 0 Å². The van der Waals surface area contributed by atoms with Gasteiger partial charge in [-0.2, -0.15) is 0 Å². The third-order valence-corrected chi connectivity index (χ3v) is 2.65. The van der Waals surface area contributed by atoms with Gasteiger partial charge in [0, 0.05) is 18.3 Å². The summed E-state index contributed by atoms with van der Waals surface area (Å²) in [6.07, 6.45) is 2.81. The van der Waals surface area contributed by atoms with Gasteiger partial charge in [-0.25, -0.2) is 9.97 Å². The summed E-state index contributed by atoms with van der Waals surface area (Å²) in [4.78, 5) is 8.74. The number of anilines is 1. The van der Waals surface area contributed by atoms with Crippen molar-refractivity contribution in [1.29, 1.82) is 0 Å². The highest BCUT2D eigenvalue weighted by Gasteiger charge is 2.07. The highest BCUT2D eigenvalue weighted by Crippen LogP contribution is 2.28. The molecular formula is C15H19N3O. The molecule has 1 heterocycles. The van der Waals surface area contributed by atoms with Crippen molar-refractivity contribution >= 4 is 5.95 Å². The first-order valence-electron chi connectivity index (χ1n) is 6.64. The minimum absolute atomic E-state index is 0.642. The van der Waals surface area contributed by atoms with Crippen LogP contribution in [0.1, 0.15) is 20.3 Å². The highest BCUT2D eigenvalue weighted by molar-refractivity contribution is 5.67. The lowest BCUT2D eigenvalue weighted by atomic mass is 10.1. The van der Waals surface area contributed by atoms with E-state index in [1.54, 1.807) is 6.20 Å². The number of hydrogen-bond acceptors (Lipinski definition) is 4. The van der Waals surface area contributed by atoms with E-state index in [0.29, 0.717) is 12.6 Å². The van der Waals surface area contributed by atoms with Crippen LogP contribution in [-0.2, 0) is 0 Å². The molecule has 0 aliphatic carbocycles. The SMILES string of the molecule is CCCNc1nccc(-c2ccccc2OCC)n1. The highest BCUT2D eigenvalue weighted by atomic mass is 16.5. The zero-order chi connectivity index (χ0) is 13.5. The average molecular weight is 257 g/mol. The van der Waals surface area contributed by atoms with Crippen LogP contribution >= 0.6 is 0 Å². The number of benzene rings is 1. The van der Waals surface area contributed by atoms with Crippen LogP contribution in [0, 0.1) is 0 Å². The smallest absolute Gasteiger partial charge is 0.223 e. The van der Waals surface area contributed by atoms with E-state index in [1.807, 2.05) is 37.3 Å². The minimum Gasteiger partial charge on any atom is -0.493 e. The van der Waals surface area contributed by atoms with Gasteiger partial charge < -0.3 is 10.1 Å². The van der Waals surface area contributed by atoms with E-state index >= 15 is 0 Å². The van der Waals surface area contributed by atoms with Gasteiger partial charge in [0.2, 0.25) is 5.95 Å². The molecular weight excluding hydrogens is 238 g/mol. The molecule has 4 heteroatoms. The van der Waals surface area contributed by atoms with Gasteiger partial charge in [0.15, 0.2) is 0 Å². The monoisotopic (exact) mass is 257 g/mol. The van der Waals surface area contributed by atoms with E-state index in [1.165, 1.54) is 0 Å². The van der Waals surface area contributed by atoms with Gasteiger partial charge in [-0.1, -0.05) is 19.1 Å². The summed E-state index contributed by atoms with van der Waals surface area (Å²) in [6, 6.07) is 9.82. The van der Waals surface area contributed by atoms with Crippen LogP contribution in [-0.4, -0.2) is 23.1 Å². The molecule has 19 heavy (non-hydrogen) atoms. The Kier molecular flexibility index (Phi) is 4.72. The lowest BCUT2D eigenvalue weighted by molar-refractivity contribution is 0.341. The zero-order valence-electron chi connectivity index (χ0n) is 11.4. The van der Waals surface area contributed by atoms with E-state index in [-0.39, 0.29) is 0 Å². The van der Waals surface area contributed by atoms with Crippen molar-refractivity contribution in [2.75, 3.05) is 18.5 Å². The van der Waals surface area contributed by atoms with Gasteiger partial charge in [-0.15, -0.1) is 0 Å². The molecule has 2 rings (SSSR count). The summed E-state index contributed by atoms with van der Waals surface area (Å²) in [5.74, 6) is 1.51. The molecule has 1 N–H and O–H groups in total. The Hall–Kier alpha value is -2.10. The maximum Gasteiger partial charge on any atom is 0.223 e. The molecule has 100 valence electrons. The van der Waals surface area contributed by atoms with Crippen LogP contribution in [0.25, 0.3) is 11.3 Å². The lowest BCUT2D eigenvalue weighted by Gasteiger charge is -2.10.